The molecule has 0 saturated heterocycles. The topological polar surface area (TPSA) is 45.2 Å². The maximum absolute atomic E-state index is 11.9. The van der Waals surface area contributed by atoms with Gasteiger partial charge >= 0.3 is 0 Å². The van der Waals surface area contributed by atoms with Crippen molar-refractivity contribution < 1.29 is 4.79 Å². The molecule has 0 radical (unpaired) electrons. The number of carbonyl (C=O) groups is 1. The Hall–Kier alpha value is -0.840. The lowest BCUT2D eigenvalue weighted by molar-refractivity contribution is -0.123. The number of pyridine rings is 1. The maximum Gasteiger partial charge on any atom is 0.234 e. The van der Waals surface area contributed by atoms with Crippen molar-refractivity contribution in [2.24, 2.45) is 0 Å². The van der Waals surface area contributed by atoms with Gasteiger partial charge in [0.2, 0.25) is 5.91 Å². The number of rotatable bonds is 5. The lowest BCUT2D eigenvalue weighted by Gasteiger charge is -2.24. The largest absolute Gasteiger partial charge is 0.350 e. The van der Waals surface area contributed by atoms with E-state index in [1.165, 1.54) is 0 Å². The Bertz CT molecular complexity index is 472. The lowest BCUT2D eigenvalue weighted by atomic mass is 10.1. The summed E-state index contributed by atoms with van der Waals surface area (Å²) < 4.78 is 0. The smallest absolute Gasteiger partial charge is 0.234 e. The van der Waals surface area contributed by atoms with E-state index in [0.29, 0.717) is 23.1 Å². The zero-order valence-corrected chi connectivity index (χ0v) is 13.8. The minimum atomic E-state index is -0.230. The van der Waals surface area contributed by atoms with Gasteiger partial charge < -0.3 is 5.32 Å². The summed E-state index contributed by atoms with van der Waals surface area (Å²) in [7, 11) is 0. The Balaban J connectivity index is 2.65. The van der Waals surface area contributed by atoms with Gasteiger partial charge in [-0.25, -0.2) is 0 Å². The van der Waals surface area contributed by atoms with Crippen molar-refractivity contribution in [1.82, 2.24) is 15.2 Å². The Labute approximate surface area is 130 Å². The SMILES string of the molecule is CCN(CC(=O)NC(C)(C)C)Cc1ncc(Cl)cc1Cl. The second kappa shape index (κ2) is 7.25. The number of nitrogens with one attached hydrogen (secondary N) is 1. The predicted molar refractivity (Wildman–Crippen MR) is 83.1 cm³/mol. The molecular formula is C14H21Cl2N3O. The summed E-state index contributed by atoms with van der Waals surface area (Å²) in [4.78, 5) is 18.1. The van der Waals surface area contributed by atoms with Crippen molar-refractivity contribution in [2.45, 2.75) is 39.8 Å². The average Bonchev–Trinajstić information content (AvgIpc) is 2.29. The number of likely N-dealkylation sites (N-methyl/N-ethyl adjacent to an activating group) is 1. The molecule has 1 amide bonds. The second-order valence-corrected chi connectivity index (χ2v) is 6.53. The van der Waals surface area contributed by atoms with E-state index in [2.05, 4.69) is 10.3 Å². The first kappa shape index (κ1) is 17.2. The minimum Gasteiger partial charge on any atom is -0.350 e. The predicted octanol–water partition coefficient (Wildman–Crippen LogP) is 3.13. The van der Waals surface area contributed by atoms with Crippen LogP contribution in [0.2, 0.25) is 10.0 Å². The molecule has 112 valence electrons. The zero-order chi connectivity index (χ0) is 15.3. The standard InChI is InChI=1S/C14H21Cl2N3O/c1-5-19(9-13(20)18-14(2,3)4)8-12-11(16)6-10(15)7-17-12/h6-7H,5,8-9H2,1-4H3,(H,18,20). The molecule has 0 aliphatic rings. The molecule has 6 heteroatoms. The molecule has 0 aliphatic carbocycles. The van der Waals surface area contributed by atoms with E-state index in [1.54, 1.807) is 12.3 Å². The highest BCUT2D eigenvalue weighted by atomic mass is 35.5. The van der Waals surface area contributed by atoms with Crippen molar-refractivity contribution in [3.8, 4) is 0 Å². The van der Waals surface area contributed by atoms with E-state index in [4.69, 9.17) is 23.2 Å². The van der Waals surface area contributed by atoms with Crippen LogP contribution in [0.4, 0.5) is 0 Å². The first-order valence-corrected chi connectivity index (χ1v) is 7.30. The van der Waals surface area contributed by atoms with E-state index < -0.39 is 0 Å². The highest BCUT2D eigenvalue weighted by Crippen LogP contribution is 2.19. The van der Waals surface area contributed by atoms with E-state index in [0.717, 1.165) is 12.2 Å². The third-order valence-corrected chi connectivity index (χ3v) is 3.12. The molecule has 0 spiro atoms. The van der Waals surface area contributed by atoms with Crippen LogP contribution in [0.1, 0.15) is 33.4 Å². The van der Waals surface area contributed by atoms with Gasteiger partial charge in [0.25, 0.3) is 0 Å². The van der Waals surface area contributed by atoms with Gasteiger partial charge in [-0.2, -0.15) is 0 Å². The van der Waals surface area contributed by atoms with Crippen molar-refractivity contribution in [3.63, 3.8) is 0 Å². The molecule has 0 fully saturated rings. The molecule has 1 aromatic heterocycles. The van der Waals surface area contributed by atoms with E-state index in [-0.39, 0.29) is 11.4 Å². The molecule has 4 nitrogen and oxygen atoms in total. The van der Waals surface area contributed by atoms with Gasteiger partial charge in [-0.15, -0.1) is 0 Å². The van der Waals surface area contributed by atoms with Gasteiger partial charge in [0.15, 0.2) is 0 Å². The summed E-state index contributed by atoms with van der Waals surface area (Å²) in [5, 5.41) is 3.97. The molecule has 20 heavy (non-hydrogen) atoms. The maximum atomic E-state index is 11.9. The van der Waals surface area contributed by atoms with Crippen LogP contribution >= 0.6 is 23.2 Å². The Morgan fingerprint density at radius 3 is 2.55 bits per heavy atom. The van der Waals surface area contributed by atoms with Gasteiger partial charge in [0.05, 0.1) is 22.3 Å². The number of nitrogens with zero attached hydrogens (tertiary/aromatic N) is 2. The molecule has 0 unspecified atom stereocenters. The molecule has 0 aromatic carbocycles. The Kier molecular flexibility index (Phi) is 6.24. The molecular weight excluding hydrogens is 297 g/mol. The fourth-order valence-electron chi connectivity index (χ4n) is 1.71. The monoisotopic (exact) mass is 317 g/mol. The van der Waals surface area contributed by atoms with Crippen LogP contribution in [0.25, 0.3) is 0 Å². The fraction of sp³-hybridized carbons (Fsp3) is 0.571. The van der Waals surface area contributed by atoms with E-state index in [9.17, 15) is 4.79 Å². The van der Waals surface area contributed by atoms with Crippen LogP contribution in [0.3, 0.4) is 0 Å². The number of aromatic nitrogens is 1. The third kappa shape index (κ3) is 6.07. The molecule has 1 rings (SSSR count). The van der Waals surface area contributed by atoms with Crippen LogP contribution in [-0.2, 0) is 11.3 Å². The van der Waals surface area contributed by atoms with Gasteiger partial charge in [-0.1, -0.05) is 30.1 Å². The second-order valence-electron chi connectivity index (χ2n) is 5.68. The highest BCUT2D eigenvalue weighted by Gasteiger charge is 2.17. The quantitative estimate of drug-likeness (QED) is 0.907. The number of carbonyl (C=O) groups excluding carboxylic acids is 1. The third-order valence-electron chi connectivity index (χ3n) is 2.59. The number of hydrogen-bond acceptors (Lipinski definition) is 3. The number of hydrogen-bond donors (Lipinski definition) is 1. The first-order valence-electron chi connectivity index (χ1n) is 6.54. The normalized spacial score (nSPS) is 11.8. The number of amides is 1. The van der Waals surface area contributed by atoms with Crippen molar-refractivity contribution in [2.75, 3.05) is 13.1 Å². The zero-order valence-electron chi connectivity index (χ0n) is 12.3. The molecule has 1 heterocycles. The Morgan fingerprint density at radius 1 is 1.40 bits per heavy atom. The van der Waals surface area contributed by atoms with Gasteiger partial charge in [0, 0.05) is 18.3 Å². The minimum absolute atomic E-state index is 0.00978. The molecule has 0 aliphatic heterocycles. The number of halogens is 2. The van der Waals surface area contributed by atoms with E-state index >= 15 is 0 Å². The summed E-state index contributed by atoms with van der Waals surface area (Å²) in [5.41, 5.74) is 0.494. The first-order chi connectivity index (χ1) is 9.21. The van der Waals surface area contributed by atoms with Crippen LogP contribution in [-0.4, -0.2) is 34.4 Å². The highest BCUT2D eigenvalue weighted by molar-refractivity contribution is 6.34. The van der Waals surface area contributed by atoms with Crippen molar-refractivity contribution >= 4 is 29.1 Å². The molecule has 0 saturated carbocycles. The molecule has 0 atom stereocenters. The average molecular weight is 318 g/mol. The van der Waals surface area contributed by atoms with Crippen LogP contribution in [0.15, 0.2) is 12.3 Å². The van der Waals surface area contributed by atoms with E-state index in [1.807, 2.05) is 32.6 Å². The fourth-order valence-corrected chi connectivity index (χ4v) is 2.15. The lowest BCUT2D eigenvalue weighted by Crippen LogP contribution is -2.45. The van der Waals surface area contributed by atoms with Crippen LogP contribution < -0.4 is 5.32 Å². The van der Waals surface area contributed by atoms with Crippen LogP contribution in [0, 0.1) is 0 Å². The van der Waals surface area contributed by atoms with Crippen LogP contribution in [0.5, 0.6) is 0 Å². The summed E-state index contributed by atoms with van der Waals surface area (Å²) in [5.74, 6) is -0.00978. The molecule has 0 bridgehead atoms. The van der Waals surface area contributed by atoms with Crippen molar-refractivity contribution in [3.05, 3.63) is 28.0 Å². The van der Waals surface area contributed by atoms with Crippen molar-refractivity contribution in [1.29, 1.82) is 0 Å². The Morgan fingerprint density at radius 2 is 2.05 bits per heavy atom. The summed E-state index contributed by atoms with van der Waals surface area (Å²) in [6.45, 7) is 9.43. The van der Waals surface area contributed by atoms with Gasteiger partial charge in [0.1, 0.15) is 0 Å². The summed E-state index contributed by atoms with van der Waals surface area (Å²) in [6, 6.07) is 1.66. The van der Waals surface area contributed by atoms with Gasteiger partial charge in [-0.3, -0.25) is 14.7 Å². The van der Waals surface area contributed by atoms with Gasteiger partial charge in [-0.05, 0) is 33.4 Å². The molecule has 1 N–H and O–H groups in total. The summed E-state index contributed by atoms with van der Waals surface area (Å²) >= 11 is 11.9. The summed E-state index contributed by atoms with van der Waals surface area (Å²) in [6.07, 6.45) is 1.56. The molecule has 1 aromatic rings.